The molecule has 7 heteroatoms. The molecule has 0 bridgehead atoms. The van der Waals surface area contributed by atoms with Crippen molar-refractivity contribution in [1.29, 1.82) is 0 Å². The van der Waals surface area contributed by atoms with Crippen LogP contribution in [0.1, 0.15) is 18.9 Å². The van der Waals surface area contributed by atoms with E-state index in [-0.39, 0.29) is 13.0 Å². The van der Waals surface area contributed by atoms with Crippen molar-refractivity contribution in [3.05, 3.63) is 28.2 Å². The van der Waals surface area contributed by atoms with Crippen LogP contribution in [-0.4, -0.2) is 34.9 Å². The normalized spacial score (nSPS) is 11.8. The molecule has 0 saturated carbocycles. The fourth-order valence-electron chi connectivity index (χ4n) is 1.59. The summed E-state index contributed by atoms with van der Waals surface area (Å²) in [5.74, 6) is -1.30. The highest BCUT2D eigenvalue weighted by atomic mass is 79.9. The highest BCUT2D eigenvalue weighted by Gasteiger charge is 2.13. The number of aliphatic hydroxyl groups excluding tert-OH is 1. The second kappa shape index (κ2) is 7.86. The highest BCUT2D eigenvalue weighted by molar-refractivity contribution is 9.10. The molecule has 2 amide bonds. The van der Waals surface area contributed by atoms with E-state index < -0.39 is 18.1 Å². The first-order valence-electron chi connectivity index (χ1n) is 6.18. The fraction of sp³-hybridized carbons (Fsp3) is 0.385. The Morgan fingerprint density at radius 3 is 2.70 bits per heavy atom. The lowest BCUT2D eigenvalue weighted by atomic mass is 10.1. The number of rotatable bonds is 6. The number of halogens is 1. The number of carbonyl (C=O) groups is 2. The van der Waals surface area contributed by atoms with Crippen LogP contribution in [0, 0.1) is 0 Å². The van der Waals surface area contributed by atoms with Crippen molar-refractivity contribution in [2.24, 2.45) is 0 Å². The molecule has 1 rings (SSSR count). The molecule has 0 aliphatic carbocycles. The van der Waals surface area contributed by atoms with Crippen LogP contribution in [0.25, 0.3) is 0 Å². The zero-order valence-electron chi connectivity index (χ0n) is 11.0. The maximum Gasteiger partial charge on any atom is 0.332 e. The van der Waals surface area contributed by atoms with E-state index in [1.807, 2.05) is 19.1 Å². The first-order chi connectivity index (χ1) is 9.43. The van der Waals surface area contributed by atoms with Gasteiger partial charge in [-0.3, -0.25) is 0 Å². The smallest absolute Gasteiger partial charge is 0.332 e. The Labute approximate surface area is 125 Å². The molecule has 0 unspecified atom stereocenters. The molecule has 0 spiro atoms. The summed E-state index contributed by atoms with van der Waals surface area (Å²) in [5, 5.41) is 22.7. The summed E-state index contributed by atoms with van der Waals surface area (Å²) in [5.41, 5.74) is 1.69. The van der Waals surface area contributed by atoms with Gasteiger partial charge in [0.1, 0.15) is 0 Å². The molecule has 6 nitrogen and oxygen atoms in total. The molecular weight excluding hydrogens is 328 g/mol. The van der Waals surface area contributed by atoms with E-state index in [4.69, 9.17) is 10.2 Å². The van der Waals surface area contributed by atoms with E-state index in [0.717, 1.165) is 16.5 Å². The predicted octanol–water partition coefficient (Wildman–Crippen LogP) is 1.97. The largest absolute Gasteiger partial charge is 0.479 e. The number of urea groups is 1. The molecule has 0 radical (unpaired) electrons. The van der Waals surface area contributed by atoms with Crippen molar-refractivity contribution in [3.8, 4) is 0 Å². The number of anilines is 1. The van der Waals surface area contributed by atoms with Crippen molar-refractivity contribution in [2.75, 3.05) is 11.9 Å². The number of carboxylic acid groups (broad SMARTS) is 1. The summed E-state index contributed by atoms with van der Waals surface area (Å²) in [7, 11) is 0. The summed E-state index contributed by atoms with van der Waals surface area (Å²) in [6.07, 6.45) is -0.731. The number of carbonyl (C=O) groups excluding carboxylic acids is 1. The van der Waals surface area contributed by atoms with Gasteiger partial charge in [-0.15, -0.1) is 0 Å². The van der Waals surface area contributed by atoms with Gasteiger partial charge in [0.05, 0.1) is 0 Å². The van der Waals surface area contributed by atoms with Crippen LogP contribution in [0.5, 0.6) is 0 Å². The lowest BCUT2D eigenvalue weighted by Crippen LogP contribution is -2.33. The van der Waals surface area contributed by atoms with Crippen LogP contribution in [0.2, 0.25) is 0 Å². The minimum absolute atomic E-state index is 0.0380. The minimum Gasteiger partial charge on any atom is -0.479 e. The summed E-state index contributed by atoms with van der Waals surface area (Å²) < 4.78 is 0.935. The predicted molar refractivity (Wildman–Crippen MR) is 78.8 cm³/mol. The van der Waals surface area contributed by atoms with Crippen LogP contribution in [0.15, 0.2) is 22.7 Å². The van der Waals surface area contributed by atoms with Gasteiger partial charge in [-0.1, -0.05) is 22.9 Å². The van der Waals surface area contributed by atoms with Gasteiger partial charge in [0.2, 0.25) is 0 Å². The quantitative estimate of drug-likeness (QED) is 0.633. The number of hydrogen-bond donors (Lipinski definition) is 4. The third kappa shape index (κ3) is 5.18. The van der Waals surface area contributed by atoms with Crippen molar-refractivity contribution >= 4 is 33.6 Å². The van der Waals surface area contributed by atoms with Crippen molar-refractivity contribution in [3.63, 3.8) is 0 Å². The third-order valence-electron chi connectivity index (χ3n) is 2.68. The number of nitrogens with one attached hydrogen (secondary N) is 2. The Morgan fingerprint density at radius 1 is 1.40 bits per heavy atom. The molecular formula is C13H17BrN2O4. The van der Waals surface area contributed by atoms with E-state index in [0.29, 0.717) is 5.69 Å². The molecule has 0 fully saturated rings. The molecule has 0 aromatic heterocycles. The van der Waals surface area contributed by atoms with E-state index in [1.165, 1.54) is 0 Å². The summed E-state index contributed by atoms with van der Waals surface area (Å²) >= 11 is 3.36. The monoisotopic (exact) mass is 344 g/mol. The highest BCUT2D eigenvalue weighted by Crippen LogP contribution is 2.21. The van der Waals surface area contributed by atoms with E-state index >= 15 is 0 Å². The molecule has 0 aliphatic rings. The van der Waals surface area contributed by atoms with Gasteiger partial charge in [0.25, 0.3) is 0 Å². The number of hydrogen-bond acceptors (Lipinski definition) is 3. The number of aliphatic hydroxyl groups is 1. The van der Waals surface area contributed by atoms with E-state index in [9.17, 15) is 9.59 Å². The Hall–Kier alpha value is -1.60. The number of aryl methyl sites for hydroxylation is 1. The minimum atomic E-state index is -1.46. The first-order valence-corrected chi connectivity index (χ1v) is 6.97. The van der Waals surface area contributed by atoms with Crippen LogP contribution >= 0.6 is 15.9 Å². The lowest BCUT2D eigenvalue weighted by molar-refractivity contribution is -0.146. The third-order valence-corrected chi connectivity index (χ3v) is 3.18. The number of aliphatic carboxylic acids is 1. The molecule has 1 aromatic rings. The summed E-state index contributed by atoms with van der Waals surface area (Å²) in [4.78, 5) is 22.1. The van der Waals surface area contributed by atoms with Crippen LogP contribution in [0.3, 0.4) is 0 Å². The zero-order chi connectivity index (χ0) is 15.1. The van der Waals surface area contributed by atoms with Gasteiger partial charge in [-0.25, -0.2) is 9.59 Å². The number of amides is 2. The first kappa shape index (κ1) is 16.5. The van der Waals surface area contributed by atoms with Crippen LogP contribution < -0.4 is 10.6 Å². The topological polar surface area (TPSA) is 98.7 Å². The second-order valence-electron chi connectivity index (χ2n) is 4.18. The second-order valence-corrected chi connectivity index (χ2v) is 5.09. The molecule has 20 heavy (non-hydrogen) atoms. The zero-order valence-corrected chi connectivity index (χ0v) is 12.6. The molecule has 1 atom stereocenters. The van der Waals surface area contributed by atoms with Gasteiger partial charge in [-0.05, 0) is 30.2 Å². The molecule has 110 valence electrons. The van der Waals surface area contributed by atoms with E-state index in [2.05, 4.69) is 26.6 Å². The molecule has 0 aliphatic heterocycles. The standard InChI is InChI=1S/C13H17BrN2O4/c1-2-8-7-9(14)3-4-10(8)16-13(20)15-6-5-11(17)12(18)19/h3-4,7,11,17H,2,5-6H2,1H3,(H,18,19)(H2,15,16,20)/t11-/m0/s1. The molecule has 4 N–H and O–H groups in total. The van der Waals surface area contributed by atoms with Gasteiger partial charge in [0.15, 0.2) is 6.10 Å². The Morgan fingerprint density at radius 2 is 2.10 bits per heavy atom. The van der Waals surface area contributed by atoms with Crippen molar-refractivity contribution in [1.82, 2.24) is 5.32 Å². The number of carboxylic acids is 1. The Bertz CT molecular complexity index is 493. The summed E-state index contributed by atoms with van der Waals surface area (Å²) in [6.45, 7) is 2.06. The fourth-order valence-corrected chi connectivity index (χ4v) is 2.00. The maximum absolute atomic E-state index is 11.7. The van der Waals surface area contributed by atoms with Gasteiger partial charge >= 0.3 is 12.0 Å². The molecule has 0 saturated heterocycles. The molecule has 0 heterocycles. The van der Waals surface area contributed by atoms with Gasteiger partial charge in [-0.2, -0.15) is 0 Å². The van der Waals surface area contributed by atoms with E-state index in [1.54, 1.807) is 6.07 Å². The Balaban J connectivity index is 2.48. The van der Waals surface area contributed by atoms with Gasteiger partial charge in [0, 0.05) is 23.1 Å². The SMILES string of the molecule is CCc1cc(Br)ccc1NC(=O)NCC[C@H](O)C(=O)O. The summed E-state index contributed by atoms with van der Waals surface area (Å²) in [6, 6.07) is 5.10. The average molecular weight is 345 g/mol. The van der Waals surface area contributed by atoms with Crippen LogP contribution in [-0.2, 0) is 11.2 Å². The molecule has 1 aromatic carbocycles. The Kier molecular flexibility index (Phi) is 6.47. The van der Waals surface area contributed by atoms with Crippen molar-refractivity contribution < 1.29 is 19.8 Å². The number of benzene rings is 1. The average Bonchev–Trinajstić information content (AvgIpc) is 2.40. The van der Waals surface area contributed by atoms with Crippen LogP contribution in [0.4, 0.5) is 10.5 Å². The van der Waals surface area contributed by atoms with Gasteiger partial charge < -0.3 is 20.8 Å². The van der Waals surface area contributed by atoms with Crippen molar-refractivity contribution in [2.45, 2.75) is 25.9 Å². The lowest BCUT2D eigenvalue weighted by Gasteiger charge is -2.12. The maximum atomic E-state index is 11.7.